The number of carbonyl (C=O) groups is 3. The van der Waals surface area contributed by atoms with Gasteiger partial charge in [-0.25, -0.2) is 9.59 Å². The second-order valence-electron chi connectivity index (χ2n) is 9.07. The number of hydrogen-bond donors (Lipinski definition) is 5. The Morgan fingerprint density at radius 3 is 1.83 bits per heavy atom. The quantitative estimate of drug-likeness (QED) is 0.121. The highest BCUT2D eigenvalue weighted by atomic mass is 16.6. The fourth-order valence-corrected chi connectivity index (χ4v) is 3.71. The predicted octanol–water partition coefficient (Wildman–Crippen LogP) is 3.37. The van der Waals surface area contributed by atoms with Gasteiger partial charge in [-0.05, 0) is 54.6 Å². The van der Waals surface area contributed by atoms with E-state index in [4.69, 9.17) is 15.2 Å². The maximum Gasteiger partial charge on any atom is 0.414 e. The lowest BCUT2D eigenvalue weighted by atomic mass is 10.1. The van der Waals surface area contributed by atoms with E-state index in [1.165, 1.54) is 0 Å². The van der Waals surface area contributed by atoms with E-state index in [0.717, 1.165) is 16.7 Å². The van der Waals surface area contributed by atoms with Crippen LogP contribution in [-0.4, -0.2) is 48.3 Å². The van der Waals surface area contributed by atoms with Crippen molar-refractivity contribution in [2.45, 2.75) is 38.5 Å². The van der Waals surface area contributed by atoms with Crippen LogP contribution in [0.3, 0.4) is 0 Å². The summed E-state index contributed by atoms with van der Waals surface area (Å²) >= 11 is 0. The first-order valence-corrected chi connectivity index (χ1v) is 13.2. The first-order chi connectivity index (χ1) is 19.9. The number of nitrogens with two attached hydrogens (primary N) is 1. The van der Waals surface area contributed by atoms with Gasteiger partial charge in [0.2, 0.25) is 11.9 Å². The molecule has 0 aliphatic heterocycles. The van der Waals surface area contributed by atoms with Crippen LogP contribution in [0.4, 0.5) is 9.59 Å². The first kappa shape index (κ1) is 30.6. The van der Waals surface area contributed by atoms with Gasteiger partial charge >= 0.3 is 12.2 Å². The molecule has 0 bridgehead atoms. The summed E-state index contributed by atoms with van der Waals surface area (Å²) in [6, 6.07) is 24.5. The van der Waals surface area contributed by atoms with Crippen LogP contribution in [0.5, 0.6) is 5.75 Å². The molecule has 0 aliphatic rings. The van der Waals surface area contributed by atoms with Gasteiger partial charge in [-0.3, -0.25) is 20.4 Å². The minimum atomic E-state index is -0.804. The highest BCUT2D eigenvalue weighted by Crippen LogP contribution is 2.10. The van der Waals surface area contributed by atoms with Gasteiger partial charge in [-0.2, -0.15) is 0 Å². The van der Waals surface area contributed by atoms with Crippen LogP contribution in [0.25, 0.3) is 0 Å². The zero-order valence-electron chi connectivity index (χ0n) is 22.6. The molecule has 3 rings (SSSR count). The summed E-state index contributed by atoms with van der Waals surface area (Å²) in [6.45, 7) is 0.760. The third kappa shape index (κ3) is 12.2. The van der Waals surface area contributed by atoms with Crippen molar-refractivity contribution in [1.29, 1.82) is 0 Å². The summed E-state index contributed by atoms with van der Waals surface area (Å²) < 4.78 is 10.4. The van der Waals surface area contributed by atoms with Crippen molar-refractivity contribution < 1.29 is 29.0 Å². The van der Waals surface area contributed by atoms with Gasteiger partial charge in [0.1, 0.15) is 19.0 Å². The number of benzene rings is 3. The molecule has 216 valence electrons. The number of primary amides is 1. The summed E-state index contributed by atoms with van der Waals surface area (Å²) in [5.41, 5.74) is 8.15. The third-order valence-electron chi connectivity index (χ3n) is 5.87. The van der Waals surface area contributed by atoms with Crippen molar-refractivity contribution in [3.8, 4) is 5.75 Å². The van der Waals surface area contributed by atoms with Crippen molar-refractivity contribution in [3.05, 3.63) is 102 Å². The molecule has 1 atom stereocenters. The summed E-state index contributed by atoms with van der Waals surface area (Å²) in [4.78, 5) is 41.0. The molecule has 0 radical (unpaired) electrons. The molecular weight excluding hydrogens is 526 g/mol. The first-order valence-electron chi connectivity index (χ1n) is 13.2. The normalized spacial score (nSPS) is 11.1. The Bertz CT molecular complexity index is 1210. The number of aromatic hydroxyl groups is 1. The molecule has 6 N–H and O–H groups in total. The van der Waals surface area contributed by atoms with E-state index in [9.17, 15) is 19.5 Å². The smallest absolute Gasteiger partial charge is 0.414 e. The standard InChI is InChI=1S/C30H35N5O6/c31-27(37)26(32-19-17-22-13-15-25(36)16-14-22)12-7-18-33-28(34-29(38)40-20-23-8-3-1-4-9-23)35-30(39)41-21-24-10-5-2-6-11-24/h1-6,8-11,13-16,26,32,36H,7,12,17-21H2,(H2,31,37)(H2,33,34,35,38,39)/t26-/m1/s1. The number of hydrogen-bond acceptors (Lipinski definition) is 8. The second kappa shape index (κ2) is 16.9. The number of alkyl carbamates (subject to hydrolysis) is 2. The van der Waals surface area contributed by atoms with Crippen molar-refractivity contribution >= 4 is 24.1 Å². The summed E-state index contributed by atoms with van der Waals surface area (Å²) in [7, 11) is 0. The number of aliphatic imine (C=N–C) groups is 1. The number of amides is 3. The van der Waals surface area contributed by atoms with E-state index in [1.807, 2.05) is 72.8 Å². The van der Waals surface area contributed by atoms with Crippen LogP contribution in [0.2, 0.25) is 0 Å². The Hall–Kier alpha value is -4.90. The van der Waals surface area contributed by atoms with Crippen molar-refractivity contribution in [1.82, 2.24) is 16.0 Å². The van der Waals surface area contributed by atoms with Gasteiger partial charge in [-0.15, -0.1) is 0 Å². The fraction of sp³-hybridized carbons (Fsp3) is 0.267. The second-order valence-corrected chi connectivity index (χ2v) is 9.07. The van der Waals surface area contributed by atoms with Crippen LogP contribution in [0.15, 0.2) is 89.9 Å². The molecular formula is C30H35N5O6. The number of nitrogens with one attached hydrogen (secondary N) is 3. The van der Waals surface area contributed by atoms with Crippen LogP contribution in [0, 0.1) is 0 Å². The summed E-state index contributed by atoms with van der Waals surface area (Å²) in [5.74, 6) is -0.447. The Kier molecular flexibility index (Phi) is 12.7. The zero-order valence-corrected chi connectivity index (χ0v) is 22.6. The molecule has 11 nitrogen and oxygen atoms in total. The van der Waals surface area contributed by atoms with Crippen LogP contribution in [-0.2, 0) is 33.9 Å². The topological polar surface area (TPSA) is 164 Å². The number of carbonyl (C=O) groups excluding carboxylic acids is 3. The monoisotopic (exact) mass is 561 g/mol. The van der Waals surface area contributed by atoms with Gasteiger partial charge in [0.25, 0.3) is 0 Å². The summed E-state index contributed by atoms with van der Waals surface area (Å²) in [6.07, 6.45) is -0.136. The average molecular weight is 562 g/mol. The highest BCUT2D eigenvalue weighted by Gasteiger charge is 2.15. The fourth-order valence-electron chi connectivity index (χ4n) is 3.71. The largest absolute Gasteiger partial charge is 0.508 e. The number of phenolic OH excluding ortho intramolecular Hbond substituents is 1. The minimum absolute atomic E-state index is 0.0362. The average Bonchev–Trinajstić information content (AvgIpc) is 2.98. The molecule has 0 saturated heterocycles. The molecule has 0 unspecified atom stereocenters. The molecule has 41 heavy (non-hydrogen) atoms. The van der Waals surface area contributed by atoms with E-state index in [1.54, 1.807) is 12.1 Å². The number of ether oxygens (including phenoxy) is 2. The van der Waals surface area contributed by atoms with E-state index < -0.39 is 24.1 Å². The van der Waals surface area contributed by atoms with E-state index in [0.29, 0.717) is 25.8 Å². The Morgan fingerprint density at radius 2 is 1.32 bits per heavy atom. The molecule has 3 amide bonds. The maximum atomic E-state index is 12.4. The molecule has 0 saturated carbocycles. The van der Waals surface area contributed by atoms with Crippen LogP contribution < -0.4 is 21.7 Å². The molecule has 11 heteroatoms. The van der Waals surface area contributed by atoms with Gasteiger partial charge in [0.15, 0.2) is 0 Å². The van der Waals surface area contributed by atoms with Crippen LogP contribution in [0.1, 0.15) is 29.5 Å². The molecule has 0 aromatic heterocycles. The van der Waals surface area contributed by atoms with Crippen molar-refractivity contribution in [2.75, 3.05) is 13.1 Å². The number of nitrogens with zero attached hydrogens (tertiary/aromatic N) is 1. The molecule has 3 aromatic carbocycles. The lowest BCUT2D eigenvalue weighted by molar-refractivity contribution is -0.120. The van der Waals surface area contributed by atoms with Gasteiger partial charge < -0.3 is 25.6 Å². The molecule has 0 heterocycles. The number of phenols is 1. The predicted molar refractivity (Wildman–Crippen MR) is 154 cm³/mol. The molecule has 0 aliphatic carbocycles. The molecule has 3 aromatic rings. The number of guanidine groups is 1. The number of rotatable bonds is 13. The third-order valence-corrected chi connectivity index (χ3v) is 5.87. The highest BCUT2D eigenvalue weighted by molar-refractivity contribution is 6.01. The van der Waals surface area contributed by atoms with Gasteiger partial charge in [0.05, 0.1) is 6.04 Å². The lowest BCUT2D eigenvalue weighted by Crippen LogP contribution is -2.44. The Labute approximate surface area is 238 Å². The maximum absolute atomic E-state index is 12.4. The zero-order chi connectivity index (χ0) is 29.3. The minimum Gasteiger partial charge on any atom is -0.508 e. The molecule has 0 fully saturated rings. The van der Waals surface area contributed by atoms with E-state index >= 15 is 0 Å². The van der Waals surface area contributed by atoms with E-state index in [-0.39, 0.29) is 31.5 Å². The van der Waals surface area contributed by atoms with Crippen molar-refractivity contribution in [3.63, 3.8) is 0 Å². The molecule has 0 spiro atoms. The lowest BCUT2D eigenvalue weighted by Gasteiger charge is -2.15. The van der Waals surface area contributed by atoms with E-state index in [2.05, 4.69) is 20.9 Å². The van der Waals surface area contributed by atoms with Crippen LogP contribution >= 0.6 is 0 Å². The van der Waals surface area contributed by atoms with Crippen molar-refractivity contribution in [2.24, 2.45) is 10.7 Å². The Morgan fingerprint density at radius 1 is 0.780 bits per heavy atom. The van der Waals surface area contributed by atoms with Gasteiger partial charge in [-0.1, -0.05) is 72.8 Å². The van der Waals surface area contributed by atoms with Gasteiger partial charge in [0, 0.05) is 6.54 Å². The SMILES string of the molecule is NC(=O)[C@@H](CCCN=C(NC(=O)OCc1ccccc1)NC(=O)OCc1ccccc1)NCCc1ccc(O)cc1. The Balaban J connectivity index is 1.51. The summed E-state index contributed by atoms with van der Waals surface area (Å²) in [5, 5.41) is 17.4.